The van der Waals surface area contributed by atoms with Gasteiger partial charge in [0.05, 0.1) is 13.3 Å². The number of nitrogens with one attached hydrogen (secondary N) is 1. The van der Waals surface area contributed by atoms with Gasteiger partial charge in [-0.2, -0.15) is 0 Å². The first-order valence-corrected chi connectivity index (χ1v) is 7.04. The van der Waals surface area contributed by atoms with E-state index in [1.807, 2.05) is 24.3 Å². The molecule has 6 heteroatoms. The van der Waals surface area contributed by atoms with E-state index in [0.717, 1.165) is 16.9 Å². The van der Waals surface area contributed by atoms with Gasteiger partial charge >= 0.3 is 0 Å². The minimum absolute atomic E-state index is 0.242. The molecular formula is C17H15N3O3. The molecule has 0 aliphatic carbocycles. The van der Waals surface area contributed by atoms with Crippen molar-refractivity contribution in [1.29, 1.82) is 0 Å². The highest BCUT2D eigenvalue weighted by atomic mass is 16.5. The lowest BCUT2D eigenvalue weighted by atomic mass is 10.1. The maximum Gasteiger partial charge on any atom is 0.257 e. The minimum atomic E-state index is -0.242. The van der Waals surface area contributed by atoms with Crippen LogP contribution in [0.4, 0.5) is 0 Å². The van der Waals surface area contributed by atoms with Gasteiger partial charge < -0.3 is 14.6 Å². The van der Waals surface area contributed by atoms with Crippen LogP contribution in [-0.4, -0.2) is 23.2 Å². The Hall–Kier alpha value is -3.15. The first-order valence-electron chi connectivity index (χ1n) is 7.04. The zero-order chi connectivity index (χ0) is 16.1. The number of carbonyl (C=O) groups excluding carboxylic acids is 1. The van der Waals surface area contributed by atoms with Crippen molar-refractivity contribution in [3.05, 3.63) is 66.1 Å². The third kappa shape index (κ3) is 3.37. The molecule has 6 nitrogen and oxygen atoms in total. The van der Waals surface area contributed by atoms with Gasteiger partial charge in [-0.1, -0.05) is 5.16 Å². The van der Waals surface area contributed by atoms with Crippen LogP contribution in [-0.2, 0) is 6.54 Å². The average molecular weight is 309 g/mol. The molecule has 0 radical (unpaired) electrons. The molecule has 0 atom stereocenters. The highest BCUT2D eigenvalue weighted by Crippen LogP contribution is 2.25. The number of ether oxygens (including phenoxy) is 1. The lowest BCUT2D eigenvalue weighted by molar-refractivity contribution is 0.0951. The number of hydrogen-bond donors (Lipinski definition) is 1. The second kappa shape index (κ2) is 6.74. The average Bonchev–Trinajstić information content (AvgIpc) is 3.10. The summed E-state index contributed by atoms with van der Waals surface area (Å²) in [4.78, 5) is 16.3. The summed E-state index contributed by atoms with van der Waals surface area (Å²) >= 11 is 0. The Morgan fingerprint density at radius 1 is 1.17 bits per heavy atom. The Labute approximate surface area is 133 Å². The lowest BCUT2D eigenvalue weighted by Gasteiger charge is -2.05. The Bertz CT molecular complexity index is 782. The first-order chi connectivity index (χ1) is 11.3. The van der Waals surface area contributed by atoms with E-state index in [0.29, 0.717) is 17.9 Å². The molecule has 3 rings (SSSR count). The summed E-state index contributed by atoms with van der Waals surface area (Å²) in [6.45, 7) is 0.411. The van der Waals surface area contributed by atoms with Gasteiger partial charge in [0.25, 0.3) is 5.91 Å². The van der Waals surface area contributed by atoms with Crippen LogP contribution >= 0.6 is 0 Å². The zero-order valence-corrected chi connectivity index (χ0v) is 12.5. The van der Waals surface area contributed by atoms with E-state index in [1.165, 1.54) is 6.20 Å². The molecule has 3 aromatic rings. The van der Waals surface area contributed by atoms with Crippen molar-refractivity contribution in [2.45, 2.75) is 6.54 Å². The number of nitrogens with zero attached hydrogens (tertiary/aromatic N) is 2. The molecule has 1 amide bonds. The molecule has 23 heavy (non-hydrogen) atoms. The molecule has 0 bridgehead atoms. The SMILES string of the molecule is COc1ccc(-c2oncc2C(=O)NCc2ccncc2)cc1. The Balaban J connectivity index is 1.75. The lowest BCUT2D eigenvalue weighted by Crippen LogP contribution is -2.22. The van der Waals surface area contributed by atoms with Gasteiger partial charge in [0.2, 0.25) is 0 Å². The second-order valence-electron chi connectivity index (χ2n) is 4.84. The summed E-state index contributed by atoms with van der Waals surface area (Å²) in [6.07, 6.45) is 4.79. The van der Waals surface area contributed by atoms with E-state index in [-0.39, 0.29) is 5.91 Å². The molecule has 0 fully saturated rings. The number of amides is 1. The van der Waals surface area contributed by atoms with Crippen molar-refractivity contribution >= 4 is 5.91 Å². The molecule has 0 saturated carbocycles. The van der Waals surface area contributed by atoms with Gasteiger partial charge in [0.1, 0.15) is 11.3 Å². The third-order valence-corrected chi connectivity index (χ3v) is 3.37. The van der Waals surface area contributed by atoms with Gasteiger partial charge in [-0.3, -0.25) is 9.78 Å². The van der Waals surface area contributed by atoms with Crippen LogP contribution in [0.5, 0.6) is 5.75 Å². The van der Waals surface area contributed by atoms with Crippen LogP contribution < -0.4 is 10.1 Å². The number of hydrogen-bond acceptors (Lipinski definition) is 5. The van der Waals surface area contributed by atoms with Crippen LogP contribution in [0, 0.1) is 0 Å². The topological polar surface area (TPSA) is 77.2 Å². The number of pyridine rings is 1. The van der Waals surface area contributed by atoms with E-state index in [1.54, 1.807) is 31.6 Å². The Kier molecular flexibility index (Phi) is 4.33. The van der Waals surface area contributed by atoms with Crippen LogP contribution in [0.3, 0.4) is 0 Å². The van der Waals surface area contributed by atoms with Gasteiger partial charge in [0.15, 0.2) is 5.76 Å². The fourth-order valence-corrected chi connectivity index (χ4v) is 2.13. The molecule has 0 saturated heterocycles. The van der Waals surface area contributed by atoms with Crippen LogP contribution in [0.25, 0.3) is 11.3 Å². The van der Waals surface area contributed by atoms with Crippen LogP contribution in [0.1, 0.15) is 15.9 Å². The van der Waals surface area contributed by atoms with E-state index >= 15 is 0 Å². The molecular weight excluding hydrogens is 294 g/mol. The van der Waals surface area contributed by atoms with Crippen molar-refractivity contribution in [1.82, 2.24) is 15.5 Å². The molecule has 1 N–H and O–H groups in total. The predicted molar refractivity (Wildman–Crippen MR) is 83.9 cm³/mol. The quantitative estimate of drug-likeness (QED) is 0.784. The summed E-state index contributed by atoms with van der Waals surface area (Å²) in [6, 6.07) is 10.9. The fourth-order valence-electron chi connectivity index (χ4n) is 2.13. The standard InChI is InChI=1S/C17H15N3O3/c1-22-14-4-2-13(3-5-14)16-15(11-20-23-16)17(21)19-10-12-6-8-18-9-7-12/h2-9,11H,10H2,1H3,(H,19,21). The zero-order valence-electron chi connectivity index (χ0n) is 12.5. The van der Waals surface area contributed by atoms with E-state index < -0.39 is 0 Å². The Morgan fingerprint density at radius 2 is 1.91 bits per heavy atom. The number of benzene rings is 1. The summed E-state index contributed by atoms with van der Waals surface area (Å²) < 4.78 is 10.4. The highest BCUT2D eigenvalue weighted by molar-refractivity contribution is 5.99. The van der Waals surface area contributed by atoms with Crippen molar-refractivity contribution in [2.24, 2.45) is 0 Å². The van der Waals surface area contributed by atoms with Crippen molar-refractivity contribution in [3.63, 3.8) is 0 Å². The summed E-state index contributed by atoms with van der Waals surface area (Å²) in [5.74, 6) is 0.922. The normalized spacial score (nSPS) is 10.3. The molecule has 0 spiro atoms. The van der Waals surface area contributed by atoms with Crippen molar-refractivity contribution in [3.8, 4) is 17.1 Å². The Morgan fingerprint density at radius 3 is 2.61 bits per heavy atom. The minimum Gasteiger partial charge on any atom is -0.497 e. The molecule has 0 aliphatic rings. The number of carbonyl (C=O) groups is 1. The molecule has 0 unspecified atom stereocenters. The maximum atomic E-state index is 12.3. The molecule has 116 valence electrons. The predicted octanol–water partition coefficient (Wildman–Crippen LogP) is 2.68. The third-order valence-electron chi connectivity index (χ3n) is 3.37. The van der Waals surface area contributed by atoms with E-state index in [9.17, 15) is 4.79 Å². The summed E-state index contributed by atoms with van der Waals surface area (Å²) in [7, 11) is 1.60. The van der Waals surface area contributed by atoms with Gasteiger partial charge in [0, 0.05) is 24.5 Å². The smallest absolute Gasteiger partial charge is 0.257 e. The molecule has 1 aromatic carbocycles. The number of aromatic nitrogens is 2. The van der Waals surface area contributed by atoms with E-state index in [2.05, 4.69) is 15.5 Å². The first kappa shape index (κ1) is 14.8. The van der Waals surface area contributed by atoms with Crippen molar-refractivity contribution in [2.75, 3.05) is 7.11 Å². The fraction of sp³-hybridized carbons (Fsp3) is 0.118. The van der Waals surface area contributed by atoms with Gasteiger partial charge in [-0.05, 0) is 42.0 Å². The maximum absolute atomic E-state index is 12.3. The van der Waals surface area contributed by atoms with E-state index in [4.69, 9.17) is 9.26 Å². The number of rotatable bonds is 5. The highest BCUT2D eigenvalue weighted by Gasteiger charge is 2.17. The number of methoxy groups -OCH3 is 1. The summed E-state index contributed by atoms with van der Waals surface area (Å²) in [5.41, 5.74) is 2.12. The molecule has 2 heterocycles. The monoisotopic (exact) mass is 309 g/mol. The molecule has 2 aromatic heterocycles. The van der Waals surface area contributed by atoms with Gasteiger partial charge in [-0.25, -0.2) is 0 Å². The second-order valence-corrected chi connectivity index (χ2v) is 4.84. The molecule has 0 aliphatic heterocycles. The van der Waals surface area contributed by atoms with Crippen LogP contribution in [0.2, 0.25) is 0 Å². The largest absolute Gasteiger partial charge is 0.497 e. The van der Waals surface area contributed by atoms with Crippen LogP contribution in [0.15, 0.2) is 59.5 Å². The van der Waals surface area contributed by atoms with Crippen molar-refractivity contribution < 1.29 is 14.1 Å². The van der Waals surface area contributed by atoms with Gasteiger partial charge in [-0.15, -0.1) is 0 Å². The summed E-state index contributed by atoms with van der Waals surface area (Å²) in [5, 5.41) is 6.58.